The summed E-state index contributed by atoms with van der Waals surface area (Å²) in [5.74, 6) is 0. The molecule has 1 N–H and O–H groups in total. The smallest absolute Gasteiger partial charge is 0.161 e. The van der Waals surface area contributed by atoms with E-state index in [1.165, 1.54) is 0 Å². The van der Waals surface area contributed by atoms with Gasteiger partial charge >= 0.3 is 0 Å². The Morgan fingerprint density at radius 2 is 1.80 bits per heavy atom. The van der Waals surface area contributed by atoms with Gasteiger partial charge < -0.3 is 5.11 Å². The maximum absolute atomic E-state index is 9.25. The first kappa shape index (κ1) is 7.58. The molecule has 0 aliphatic rings. The van der Waals surface area contributed by atoms with Gasteiger partial charge in [-0.25, -0.2) is 0 Å². The van der Waals surface area contributed by atoms with Gasteiger partial charge in [-0.1, -0.05) is 41.9 Å². The number of benzene rings is 1. The zero-order valence-corrected chi connectivity index (χ0v) is 6.47. The van der Waals surface area contributed by atoms with Gasteiger partial charge in [0.05, 0.1) is 0 Å². The van der Waals surface area contributed by atoms with Crippen LogP contribution in [-0.2, 0) is 5.06 Å². The van der Waals surface area contributed by atoms with Gasteiger partial charge in [-0.3, -0.25) is 0 Å². The van der Waals surface area contributed by atoms with Crippen LogP contribution < -0.4 is 0 Å². The van der Waals surface area contributed by atoms with Crippen molar-refractivity contribution in [3.8, 4) is 0 Å². The fourth-order valence-corrected chi connectivity index (χ4v) is 0.868. The molecule has 54 valence electrons. The van der Waals surface area contributed by atoms with Gasteiger partial charge in [0.2, 0.25) is 0 Å². The van der Waals surface area contributed by atoms with Crippen molar-refractivity contribution in [2.45, 2.75) is 12.0 Å². The Bertz CT molecular complexity index is 200. The molecule has 2 heteroatoms. The standard InChI is InChI=1S/C8H9ClO/c1-8(9,10)7-5-3-2-4-6-7/h2-6,10H,1H3. The van der Waals surface area contributed by atoms with E-state index in [0.717, 1.165) is 5.56 Å². The van der Waals surface area contributed by atoms with E-state index in [2.05, 4.69) is 0 Å². The Morgan fingerprint density at radius 3 is 2.10 bits per heavy atom. The van der Waals surface area contributed by atoms with Crippen molar-refractivity contribution >= 4 is 11.6 Å². The summed E-state index contributed by atoms with van der Waals surface area (Å²) >= 11 is 5.61. The Morgan fingerprint density at radius 1 is 1.30 bits per heavy atom. The highest BCUT2D eigenvalue weighted by atomic mass is 35.5. The molecule has 1 aromatic carbocycles. The van der Waals surface area contributed by atoms with Crippen LogP contribution in [0.1, 0.15) is 12.5 Å². The van der Waals surface area contributed by atoms with Crippen LogP contribution >= 0.6 is 11.6 Å². The van der Waals surface area contributed by atoms with Gasteiger partial charge in [0, 0.05) is 0 Å². The summed E-state index contributed by atoms with van der Waals surface area (Å²) in [6, 6.07) is 9.13. The molecule has 1 unspecified atom stereocenters. The lowest BCUT2D eigenvalue weighted by Crippen LogP contribution is -2.10. The lowest BCUT2D eigenvalue weighted by atomic mass is 10.1. The summed E-state index contributed by atoms with van der Waals surface area (Å²) in [5.41, 5.74) is 0.719. The summed E-state index contributed by atoms with van der Waals surface area (Å²) in [5, 5.41) is 8.02. The maximum Gasteiger partial charge on any atom is 0.161 e. The molecule has 0 aliphatic heterocycles. The molecule has 0 saturated carbocycles. The third-order valence-corrected chi connectivity index (χ3v) is 1.52. The lowest BCUT2D eigenvalue weighted by Gasteiger charge is -2.13. The molecule has 1 aromatic rings. The van der Waals surface area contributed by atoms with E-state index in [-0.39, 0.29) is 0 Å². The zero-order valence-electron chi connectivity index (χ0n) is 5.71. The maximum atomic E-state index is 9.25. The van der Waals surface area contributed by atoms with Crippen molar-refractivity contribution in [3.63, 3.8) is 0 Å². The summed E-state index contributed by atoms with van der Waals surface area (Å²) in [6.45, 7) is 1.55. The number of hydrogen-bond acceptors (Lipinski definition) is 1. The monoisotopic (exact) mass is 156 g/mol. The van der Waals surface area contributed by atoms with Crippen molar-refractivity contribution in [3.05, 3.63) is 35.9 Å². The van der Waals surface area contributed by atoms with Gasteiger partial charge in [-0.2, -0.15) is 0 Å². The molecular formula is C8H9ClO. The second-order valence-electron chi connectivity index (χ2n) is 2.32. The van der Waals surface area contributed by atoms with Gasteiger partial charge in [0.25, 0.3) is 0 Å². The first-order valence-electron chi connectivity index (χ1n) is 3.07. The Kier molecular flexibility index (Phi) is 1.97. The van der Waals surface area contributed by atoms with Gasteiger partial charge in [-0.05, 0) is 12.5 Å². The van der Waals surface area contributed by atoms with Gasteiger partial charge in [-0.15, -0.1) is 0 Å². The van der Waals surface area contributed by atoms with Crippen molar-refractivity contribution in [1.29, 1.82) is 0 Å². The minimum Gasteiger partial charge on any atom is -0.371 e. The number of aliphatic hydroxyl groups is 1. The Hall–Kier alpha value is -0.530. The normalized spacial score (nSPS) is 16.3. The van der Waals surface area contributed by atoms with Gasteiger partial charge in [0.1, 0.15) is 0 Å². The second kappa shape index (κ2) is 2.60. The van der Waals surface area contributed by atoms with Crippen molar-refractivity contribution in [2.75, 3.05) is 0 Å². The molecular weight excluding hydrogens is 148 g/mol. The first-order valence-corrected chi connectivity index (χ1v) is 3.45. The van der Waals surface area contributed by atoms with E-state index in [1.54, 1.807) is 19.1 Å². The van der Waals surface area contributed by atoms with E-state index in [0.29, 0.717) is 0 Å². The summed E-state index contributed by atoms with van der Waals surface area (Å²) in [7, 11) is 0. The minimum atomic E-state index is -1.23. The average Bonchev–Trinajstić information content (AvgIpc) is 1.88. The lowest BCUT2D eigenvalue weighted by molar-refractivity contribution is 0.150. The number of hydrogen-bond donors (Lipinski definition) is 1. The first-order chi connectivity index (χ1) is 4.61. The largest absolute Gasteiger partial charge is 0.371 e. The summed E-state index contributed by atoms with van der Waals surface area (Å²) in [4.78, 5) is 0. The molecule has 0 bridgehead atoms. The molecule has 1 nitrogen and oxygen atoms in total. The fourth-order valence-electron chi connectivity index (χ4n) is 0.742. The van der Waals surface area contributed by atoms with Gasteiger partial charge in [0.15, 0.2) is 5.06 Å². The van der Waals surface area contributed by atoms with E-state index in [1.807, 2.05) is 18.2 Å². The van der Waals surface area contributed by atoms with Crippen LogP contribution in [0.3, 0.4) is 0 Å². The molecule has 0 aliphatic carbocycles. The molecule has 10 heavy (non-hydrogen) atoms. The van der Waals surface area contributed by atoms with Crippen LogP contribution in [0.2, 0.25) is 0 Å². The molecule has 0 fully saturated rings. The highest BCUT2D eigenvalue weighted by Crippen LogP contribution is 2.23. The topological polar surface area (TPSA) is 20.2 Å². The molecule has 1 rings (SSSR count). The predicted molar refractivity (Wildman–Crippen MR) is 41.9 cm³/mol. The molecule has 0 amide bonds. The van der Waals surface area contributed by atoms with Crippen LogP contribution in [0.25, 0.3) is 0 Å². The van der Waals surface area contributed by atoms with E-state index >= 15 is 0 Å². The summed E-state index contributed by atoms with van der Waals surface area (Å²) < 4.78 is 0. The average molecular weight is 157 g/mol. The third-order valence-electron chi connectivity index (χ3n) is 1.30. The van der Waals surface area contributed by atoms with Crippen LogP contribution in [0.5, 0.6) is 0 Å². The van der Waals surface area contributed by atoms with E-state index < -0.39 is 5.06 Å². The Labute approximate surface area is 65.3 Å². The van der Waals surface area contributed by atoms with Crippen molar-refractivity contribution in [2.24, 2.45) is 0 Å². The molecule has 0 aromatic heterocycles. The molecule has 1 atom stereocenters. The number of rotatable bonds is 1. The van der Waals surface area contributed by atoms with Crippen LogP contribution in [0, 0.1) is 0 Å². The Balaban J connectivity index is 2.97. The SMILES string of the molecule is CC(O)(Cl)c1ccccc1. The molecule has 0 heterocycles. The second-order valence-corrected chi connectivity index (χ2v) is 3.06. The predicted octanol–water partition coefficient (Wildman–Crippen LogP) is 2.09. The van der Waals surface area contributed by atoms with Crippen LogP contribution in [-0.4, -0.2) is 5.11 Å². The molecule has 0 radical (unpaired) electrons. The van der Waals surface area contributed by atoms with Crippen LogP contribution in [0.15, 0.2) is 30.3 Å². The molecule has 0 saturated heterocycles. The quantitative estimate of drug-likeness (QED) is 0.618. The minimum absolute atomic E-state index is 0.719. The molecule has 0 spiro atoms. The van der Waals surface area contributed by atoms with Crippen molar-refractivity contribution < 1.29 is 5.11 Å². The van der Waals surface area contributed by atoms with Crippen molar-refractivity contribution in [1.82, 2.24) is 0 Å². The van der Waals surface area contributed by atoms with E-state index in [9.17, 15) is 5.11 Å². The summed E-state index contributed by atoms with van der Waals surface area (Å²) in [6.07, 6.45) is 0. The zero-order chi connectivity index (χ0) is 7.61. The number of alkyl halides is 1. The highest BCUT2D eigenvalue weighted by molar-refractivity contribution is 6.22. The van der Waals surface area contributed by atoms with Crippen LogP contribution in [0.4, 0.5) is 0 Å². The third kappa shape index (κ3) is 1.72. The fraction of sp³-hybridized carbons (Fsp3) is 0.250. The van der Waals surface area contributed by atoms with E-state index in [4.69, 9.17) is 11.6 Å². The highest BCUT2D eigenvalue weighted by Gasteiger charge is 2.17. The number of halogens is 1.